The minimum absolute atomic E-state index is 0.0631. The predicted molar refractivity (Wildman–Crippen MR) is 61.3 cm³/mol. The van der Waals surface area contributed by atoms with Gasteiger partial charge in [0.25, 0.3) is 0 Å². The summed E-state index contributed by atoms with van der Waals surface area (Å²) in [5.74, 6) is -1.93. The Morgan fingerprint density at radius 2 is 2.18 bits per heavy atom. The van der Waals surface area contributed by atoms with Gasteiger partial charge in [-0.05, 0) is 25.1 Å². The molecule has 0 bridgehead atoms. The molecule has 6 heteroatoms. The minimum atomic E-state index is -0.660. The number of carbonyl (C=O) groups is 2. The second kappa shape index (κ2) is 6.20. The number of carbonyl (C=O) groups excluding carboxylic acids is 2. The van der Waals surface area contributed by atoms with Crippen LogP contribution in [0.3, 0.4) is 0 Å². The summed E-state index contributed by atoms with van der Waals surface area (Å²) in [6.45, 7) is 1.82. The molecule has 1 rings (SSSR count). The van der Waals surface area contributed by atoms with Gasteiger partial charge in [0.05, 0.1) is 12.3 Å². The van der Waals surface area contributed by atoms with Crippen LogP contribution in [0.5, 0.6) is 0 Å². The number of benzene rings is 1. The van der Waals surface area contributed by atoms with Gasteiger partial charge < -0.3 is 10.1 Å². The van der Waals surface area contributed by atoms with Crippen molar-refractivity contribution < 1.29 is 18.7 Å². The first kappa shape index (κ1) is 13.4. The lowest BCUT2D eigenvalue weighted by Gasteiger charge is -2.06. The van der Waals surface area contributed by atoms with E-state index in [2.05, 4.69) is 10.1 Å². The molecule has 0 aliphatic rings. The second-order valence-electron chi connectivity index (χ2n) is 3.15. The van der Waals surface area contributed by atoms with Crippen LogP contribution in [0.4, 0.5) is 10.1 Å². The smallest absolute Gasteiger partial charge is 0.315 e. The number of hydrogen-bond acceptors (Lipinski definition) is 3. The lowest BCUT2D eigenvalue weighted by Crippen LogP contribution is -2.18. The van der Waals surface area contributed by atoms with E-state index < -0.39 is 24.1 Å². The van der Waals surface area contributed by atoms with E-state index in [1.165, 1.54) is 12.1 Å². The Kier molecular flexibility index (Phi) is 4.90. The number of esters is 1. The molecule has 0 spiro atoms. The van der Waals surface area contributed by atoms with E-state index in [9.17, 15) is 14.0 Å². The Bertz CT molecular complexity index is 437. The molecule has 1 aromatic rings. The zero-order valence-corrected chi connectivity index (χ0v) is 9.88. The van der Waals surface area contributed by atoms with Crippen LogP contribution in [-0.2, 0) is 14.3 Å². The maximum atomic E-state index is 13.2. The van der Waals surface area contributed by atoms with Gasteiger partial charge in [-0.15, -0.1) is 0 Å². The molecule has 0 aliphatic carbocycles. The largest absolute Gasteiger partial charge is 0.466 e. The molecule has 0 saturated carbocycles. The number of anilines is 1. The van der Waals surface area contributed by atoms with Gasteiger partial charge in [0, 0.05) is 5.02 Å². The number of halogens is 2. The molecule has 1 aromatic carbocycles. The third-order valence-electron chi connectivity index (χ3n) is 1.81. The Hall–Kier alpha value is -1.62. The van der Waals surface area contributed by atoms with Crippen molar-refractivity contribution in [2.45, 2.75) is 13.3 Å². The van der Waals surface area contributed by atoms with Crippen molar-refractivity contribution in [3.05, 3.63) is 29.0 Å². The first-order valence-corrected chi connectivity index (χ1v) is 5.31. The standard InChI is InChI=1S/C11H11ClFNO3/c1-2-17-11(16)6-10(15)14-9-5-7(12)3-4-8(9)13/h3-5H,2,6H2,1H3,(H,14,15). The molecular weight excluding hydrogens is 249 g/mol. The van der Waals surface area contributed by atoms with Gasteiger partial charge >= 0.3 is 5.97 Å². The van der Waals surface area contributed by atoms with Crippen LogP contribution in [0.25, 0.3) is 0 Å². The van der Waals surface area contributed by atoms with Crippen LogP contribution in [0, 0.1) is 5.82 Å². The predicted octanol–water partition coefficient (Wildman–Crippen LogP) is 2.37. The van der Waals surface area contributed by atoms with Crippen LogP contribution in [-0.4, -0.2) is 18.5 Å². The van der Waals surface area contributed by atoms with Crippen LogP contribution >= 0.6 is 11.6 Å². The zero-order chi connectivity index (χ0) is 12.8. The number of rotatable bonds is 4. The number of hydrogen-bond donors (Lipinski definition) is 1. The van der Waals surface area contributed by atoms with Crippen LogP contribution < -0.4 is 5.32 Å². The SMILES string of the molecule is CCOC(=O)CC(=O)Nc1cc(Cl)ccc1F. The van der Waals surface area contributed by atoms with E-state index in [1.807, 2.05) is 0 Å². The molecule has 0 fully saturated rings. The average molecular weight is 260 g/mol. The first-order valence-electron chi connectivity index (χ1n) is 4.93. The quantitative estimate of drug-likeness (QED) is 0.667. The number of amides is 1. The summed E-state index contributed by atoms with van der Waals surface area (Å²) in [7, 11) is 0. The number of ether oxygens (including phenoxy) is 1. The molecule has 0 aliphatic heterocycles. The van der Waals surface area contributed by atoms with Gasteiger partial charge in [0.2, 0.25) is 5.91 Å². The monoisotopic (exact) mass is 259 g/mol. The lowest BCUT2D eigenvalue weighted by molar-refractivity contribution is -0.145. The summed E-state index contributed by atoms with van der Waals surface area (Å²) in [5, 5.41) is 2.53. The van der Waals surface area contributed by atoms with E-state index in [0.29, 0.717) is 0 Å². The highest BCUT2D eigenvalue weighted by Crippen LogP contribution is 2.19. The number of nitrogens with one attached hydrogen (secondary N) is 1. The molecule has 0 atom stereocenters. The molecule has 17 heavy (non-hydrogen) atoms. The van der Waals surface area contributed by atoms with E-state index in [0.717, 1.165) is 6.07 Å². The summed E-state index contributed by atoms with van der Waals surface area (Å²) in [5.41, 5.74) is -0.0631. The van der Waals surface area contributed by atoms with Crippen molar-refractivity contribution in [2.24, 2.45) is 0 Å². The fourth-order valence-electron chi connectivity index (χ4n) is 1.13. The maximum absolute atomic E-state index is 13.2. The topological polar surface area (TPSA) is 55.4 Å². The van der Waals surface area contributed by atoms with Crippen molar-refractivity contribution in [2.75, 3.05) is 11.9 Å². The molecule has 0 radical (unpaired) electrons. The Morgan fingerprint density at radius 3 is 2.82 bits per heavy atom. The molecule has 0 aromatic heterocycles. The van der Waals surface area contributed by atoms with E-state index in [4.69, 9.17) is 11.6 Å². The van der Waals surface area contributed by atoms with Crippen molar-refractivity contribution in [1.82, 2.24) is 0 Å². The fourth-order valence-corrected chi connectivity index (χ4v) is 1.30. The molecule has 92 valence electrons. The Morgan fingerprint density at radius 1 is 1.47 bits per heavy atom. The van der Waals surface area contributed by atoms with Gasteiger partial charge in [-0.1, -0.05) is 11.6 Å². The van der Waals surface area contributed by atoms with Crippen molar-refractivity contribution >= 4 is 29.2 Å². The molecule has 1 N–H and O–H groups in total. The summed E-state index contributed by atoms with van der Waals surface area (Å²) in [6.07, 6.45) is -0.459. The molecule has 0 heterocycles. The highest BCUT2D eigenvalue weighted by Gasteiger charge is 2.12. The summed E-state index contributed by atoms with van der Waals surface area (Å²) in [4.78, 5) is 22.3. The first-order chi connectivity index (χ1) is 8.02. The molecule has 0 unspecified atom stereocenters. The third kappa shape index (κ3) is 4.40. The summed E-state index contributed by atoms with van der Waals surface area (Å²) >= 11 is 5.65. The molecule has 1 amide bonds. The summed E-state index contributed by atoms with van der Waals surface area (Å²) < 4.78 is 17.8. The normalized spacial score (nSPS) is 9.82. The van der Waals surface area contributed by atoms with E-state index in [-0.39, 0.29) is 17.3 Å². The maximum Gasteiger partial charge on any atom is 0.315 e. The van der Waals surface area contributed by atoms with E-state index in [1.54, 1.807) is 6.92 Å². The van der Waals surface area contributed by atoms with E-state index >= 15 is 0 Å². The average Bonchev–Trinajstić information content (AvgIpc) is 2.23. The van der Waals surface area contributed by atoms with Gasteiger partial charge in [-0.3, -0.25) is 9.59 Å². The summed E-state index contributed by atoms with van der Waals surface area (Å²) in [6, 6.07) is 3.75. The molecule has 4 nitrogen and oxygen atoms in total. The molecular formula is C11H11ClFNO3. The van der Waals surface area contributed by atoms with Gasteiger partial charge in [-0.25, -0.2) is 4.39 Å². The third-order valence-corrected chi connectivity index (χ3v) is 2.05. The minimum Gasteiger partial charge on any atom is -0.466 e. The molecule has 0 saturated heterocycles. The fraction of sp³-hybridized carbons (Fsp3) is 0.273. The van der Waals surface area contributed by atoms with Crippen molar-refractivity contribution in [3.8, 4) is 0 Å². The van der Waals surface area contributed by atoms with Gasteiger partial charge in [0.15, 0.2) is 0 Å². The Labute approximate surface area is 103 Å². The highest BCUT2D eigenvalue weighted by molar-refractivity contribution is 6.30. The lowest BCUT2D eigenvalue weighted by atomic mass is 10.3. The zero-order valence-electron chi connectivity index (χ0n) is 9.13. The second-order valence-corrected chi connectivity index (χ2v) is 3.59. The van der Waals surface area contributed by atoms with Crippen molar-refractivity contribution in [3.63, 3.8) is 0 Å². The van der Waals surface area contributed by atoms with Crippen molar-refractivity contribution in [1.29, 1.82) is 0 Å². The van der Waals surface area contributed by atoms with Crippen LogP contribution in [0.15, 0.2) is 18.2 Å². The van der Waals surface area contributed by atoms with Gasteiger partial charge in [-0.2, -0.15) is 0 Å². The van der Waals surface area contributed by atoms with Crippen LogP contribution in [0.2, 0.25) is 5.02 Å². The van der Waals surface area contributed by atoms with Crippen LogP contribution in [0.1, 0.15) is 13.3 Å². The van der Waals surface area contributed by atoms with Gasteiger partial charge in [0.1, 0.15) is 12.2 Å². The Balaban J connectivity index is 2.62. The highest BCUT2D eigenvalue weighted by atomic mass is 35.5.